The number of nitrogens with zero attached hydrogens (tertiary/aromatic N) is 2. The smallest absolute Gasteiger partial charge is 0.0277 e. The van der Waals surface area contributed by atoms with Crippen molar-refractivity contribution in [3.8, 4) is 0 Å². The van der Waals surface area contributed by atoms with Gasteiger partial charge >= 0.3 is 0 Å². The van der Waals surface area contributed by atoms with Gasteiger partial charge in [0.2, 0.25) is 0 Å². The van der Waals surface area contributed by atoms with Crippen molar-refractivity contribution in [3.63, 3.8) is 0 Å². The van der Waals surface area contributed by atoms with Crippen molar-refractivity contribution in [2.75, 3.05) is 33.7 Å². The lowest BCUT2D eigenvalue weighted by molar-refractivity contribution is 0.00491. The number of likely N-dealkylation sites (N-methyl/N-ethyl adjacent to an activating group) is 1. The van der Waals surface area contributed by atoms with E-state index in [0.29, 0.717) is 5.54 Å². The molecule has 1 aliphatic carbocycles. The Balaban J connectivity index is 1.94. The minimum atomic E-state index is 0.338. The molecule has 1 saturated carbocycles. The molecular weight excluding hydrogens is 210 g/mol. The minimum absolute atomic E-state index is 0.338. The van der Waals surface area contributed by atoms with Crippen LogP contribution in [0.3, 0.4) is 0 Å². The molecule has 1 heterocycles. The Kier molecular flexibility index (Phi) is 4.11. The molecule has 100 valence electrons. The van der Waals surface area contributed by atoms with E-state index >= 15 is 0 Å². The van der Waals surface area contributed by atoms with Crippen LogP contribution in [0.4, 0.5) is 0 Å². The Morgan fingerprint density at radius 2 is 1.94 bits per heavy atom. The van der Waals surface area contributed by atoms with Crippen molar-refractivity contribution in [3.05, 3.63) is 0 Å². The predicted molar refractivity (Wildman–Crippen MR) is 73.4 cm³/mol. The number of rotatable bonds is 2. The number of piperazine rings is 1. The van der Waals surface area contributed by atoms with Crippen LogP contribution in [0.2, 0.25) is 0 Å². The monoisotopic (exact) mass is 239 g/mol. The normalized spacial score (nSPS) is 36.0. The van der Waals surface area contributed by atoms with Gasteiger partial charge in [0, 0.05) is 37.3 Å². The van der Waals surface area contributed by atoms with Crippen molar-refractivity contribution in [1.82, 2.24) is 15.1 Å². The Morgan fingerprint density at radius 3 is 2.59 bits per heavy atom. The molecule has 0 radical (unpaired) electrons. The summed E-state index contributed by atoms with van der Waals surface area (Å²) in [5, 5.41) is 3.47. The zero-order chi connectivity index (χ0) is 12.5. The zero-order valence-corrected chi connectivity index (χ0v) is 12.0. The summed E-state index contributed by atoms with van der Waals surface area (Å²) in [7, 11) is 4.37. The first-order valence-electron chi connectivity index (χ1n) is 7.15. The third kappa shape index (κ3) is 3.01. The van der Waals surface area contributed by atoms with E-state index in [1.807, 2.05) is 0 Å². The molecule has 0 aromatic carbocycles. The van der Waals surface area contributed by atoms with Gasteiger partial charge in [0.05, 0.1) is 0 Å². The summed E-state index contributed by atoms with van der Waals surface area (Å²) >= 11 is 0. The van der Waals surface area contributed by atoms with Gasteiger partial charge in [-0.1, -0.05) is 6.42 Å². The molecule has 2 fully saturated rings. The highest BCUT2D eigenvalue weighted by Crippen LogP contribution is 2.27. The van der Waals surface area contributed by atoms with E-state index in [4.69, 9.17) is 0 Å². The standard InChI is InChI=1S/C14H29N3/c1-14(2)11-17(9-8-16(14)4)13-7-5-6-12(10-13)15-3/h12-13,15H,5-11H2,1-4H3. The first-order valence-corrected chi connectivity index (χ1v) is 7.15. The van der Waals surface area contributed by atoms with Crippen LogP contribution in [0.5, 0.6) is 0 Å². The van der Waals surface area contributed by atoms with Crippen LogP contribution in [0, 0.1) is 0 Å². The van der Waals surface area contributed by atoms with E-state index in [9.17, 15) is 0 Å². The summed E-state index contributed by atoms with van der Waals surface area (Å²) in [5.41, 5.74) is 0.338. The highest BCUT2D eigenvalue weighted by molar-refractivity contribution is 4.93. The molecule has 0 aromatic heterocycles. The molecule has 0 aromatic rings. The van der Waals surface area contributed by atoms with Gasteiger partial charge in [0.25, 0.3) is 0 Å². The molecule has 2 unspecified atom stereocenters. The molecule has 2 atom stereocenters. The molecule has 3 heteroatoms. The third-order valence-electron chi connectivity index (χ3n) is 4.92. The second-order valence-electron chi connectivity index (χ2n) is 6.51. The van der Waals surface area contributed by atoms with Crippen LogP contribution in [0.1, 0.15) is 39.5 Å². The SMILES string of the molecule is CNC1CCCC(N2CCN(C)C(C)(C)C2)C1. The molecule has 3 nitrogen and oxygen atoms in total. The molecule has 1 aliphatic heterocycles. The average Bonchev–Trinajstić information content (AvgIpc) is 2.32. The highest BCUT2D eigenvalue weighted by atomic mass is 15.3. The lowest BCUT2D eigenvalue weighted by atomic mass is 9.88. The lowest BCUT2D eigenvalue weighted by Gasteiger charge is -2.49. The first kappa shape index (κ1) is 13.3. The van der Waals surface area contributed by atoms with E-state index in [-0.39, 0.29) is 0 Å². The van der Waals surface area contributed by atoms with E-state index in [2.05, 4.69) is 43.1 Å². The Hall–Kier alpha value is -0.120. The van der Waals surface area contributed by atoms with Crippen LogP contribution >= 0.6 is 0 Å². The number of hydrogen-bond acceptors (Lipinski definition) is 3. The summed E-state index contributed by atoms with van der Waals surface area (Å²) in [6, 6.07) is 1.56. The molecule has 0 spiro atoms. The zero-order valence-electron chi connectivity index (χ0n) is 12.0. The van der Waals surface area contributed by atoms with Crippen molar-refractivity contribution in [2.24, 2.45) is 0 Å². The van der Waals surface area contributed by atoms with E-state index < -0.39 is 0 Å². The predicted octanol–water partition coefficient (Wildman–Crippen LogP) is 1.54. The van der Waals surface area contributed by atoms with E-state index in [1.165, 1.54) is 45.3 Å². The van der Waals surface area contributed by atoms with Crippen molar-refractivity contribution in [2.45, 2.75) is 57.2 Å². The second-order valence-corrected chi connectivity index (χ2v) is 6.51. The van der Waals surface area contributed by atoms with E-state index in [1.54, 1.807) is 0 Å². The van der Waals surface area contributed by atoms with Gasteiger partial charge in [-0.25, -0.2) is 0 Å². The Bertz CT molecular complexity index is 252. The molecule has 0 bridgehead atoms. The summed E-state index contributed by atoms with van der Waals surface area (Å²) in [4.78, 5) is 5.24. The third-order valence-corrected chi connectivity index (χ3v) is 4.92. The largest absolute Gasteiger partial charge is 0.317 e. The summed E-state index contributed by atoms with van der Waals surface area (Å²) in [6.45, 7) is 8.44. The summed E-state index contributed by atoms with van der Waals surface area (Å²) < 4.78 is 0. The van der Waals surface area contributed by atoms with Crippen LogP contribution in [-0.2, 0) is 0 Å². The maximum atomic E-state index is 3.47. The van der Waals surface area contributed by atoms with Crippen LogP contribution in [0.15, 0.2) is 0 Å². The summed E-state index contributed by atoms with van der Waals surface area (Å²) in [5.74, 6) is 0. The van der Waals surface area contributed by atoms with Gasteiger partial charge in [-0.15, -0.1) is 0 Å². The van der Waals surface area contributed by atoms with Crippen molar-refractivity contribution >= 4 is 0 Å². The number of nitrogens with one attached hydrogen (secondary N) is 1. The highest BCUT2D eigenvalue weighted by Gasteiger charge is 2.35. The van der Waals surface area contributed by atoms with Gasteiger partial charge in [-0.2, -0.15) is 0 Å². The quantitative estimate of drug-likeness (QED) is 0.788. The molecule has 0 amide bonds. The first-order chi connectivity index (χ1) is 8.03. The molecule has 17 heavy (non-hydrogen) atoms. The molecule has 2 rings (SSSR count). The maximum absolute atomic E-state index is 3.47. The van der Waals surface area contributed by atoms with Crippen LogP contribution in [0.25, 0.3) is 0 Å². The lowest BCUT2D eigenvalue weighted by Crippen LogP contribution is -2.60. The van der Waals surface area contributed by atoms with E-state index in [0.717, 1.165) is 12.1 Å². The topological polar surface area (TPSA) is 18.5 Å². The van der Waals surface area contributed by atoms with Crippen LogP contribution < -0.4 is 5.32 Å². The maximum Gasteiger partial charge on any atom is 0.0277 e. The molecule has 2 aliphatic rings. The van der Waals surface area contributed by atoms with Gasteiger partial charge in [0.1, 0.15) is 0 Å². The molecular formula is C14H29N3. The second kappa shape index (κ2) is 5.25. The Labute approximate surface area is 107 Å². The molecule has 1 saturated heterocycles. The van der Waals surface area contributed by atoms with Crippen molar-refractivity contribution < 1.29 is 0 Å². The van der Waals surface area contributed by atoms with Crippen LogP contribution in [-0.4, -0.2) is 61.2 Å². The van der Waals surface area contributed by atoms with Gasteiger partial charge < -0.3 is 5.32 Å². The van der Waals surface area contributed by atoms with Gasteiger partial charge in [-0.05, 0) is 47.2 Å². The number of hydrogen-bond donors (Lipinski definition) is 1. The minimum Gasteiger partial charge on any atom is -0.317 e. The fourth-order valence-electron chi connectivity index (χ4n) is 3.35. The Morgan fingerprint density at radius 1 is 1.18 bits per heavy atom. The van der Waals surface area contributed by atoms with Gasteiger partial charge in [0.15, 0.2) is 0 Å². The fraction of sp³-hybridized carbons (Fsp3) is 1.00. The fourth-order valence-corrected chi connectivity index (χ4v) is 3.35. The average molecular weight is 239 g/mol. The summed E-state index contributed by atoms with van der Waals surface area (Å²) in [6.07, 6.45) is 5.50. The van der Waals surface area contributed by atoms with Gasteiger partial charge in [-0.3, -0.25) is 9.80 Å². The molecule has 1 N–H and O–H groups in total. The van der Waals surface area contributed by atoms with Crippen molar-refractivity contribution in [1.29, 1.82) is 0 Å².